The second kappa shape index (κ2) is 7.83. The third kappa shape index (κ3) is 4.10. The summed E-state index contributed by atoms with van der Waals surface area (Å²) >= 11 is 0. The minimum absolute atomic E-state index is 0.0154. The van der Waals surface area contributed by atoms with Gasteiger partial charge in [0.25, 0.3) is 5.91 Å². The molecule has 0 saturated carbocycles. The molecule has 0 aromatic heterocycles. The Morgan fingerprint density at radius 1 is 1.08 bits per heavy atom. The van der Waals surface area contributed by atoms with Crippen molar-refractivity contribution in [1.29, 1.82) is 0 Å². The molecule has 2 aromatic carbocycles. The number of hydrogen-bond donors (Lipinski definition) is 1. The number of amides is 1. The lowest BCUT2D eigenvalue weighted by Crippen LogP contribution is -2.41. The van der Waals surface area contributed by atoms with Crippen molar-refractivity contribution in [3.63, 3.8) is 0 Å². The van der Waals surface area contributed by atoms with Crippen LogP contribution in [0.25, 0.3) is 0 Å². The molecule has 0 bridgehead atoms. The number of carbonyl (C=O) groups is 1. The van der Waals surface area contributed by atoms with Gasteiger partial charge in [0.05, 0.1) is 0 Å². The van der Waals surface area contributed by atoms with Crippen molar-refractivity contribution in [2.75, 3.05) is 19.8 Å². The van der Waals surface area contributed by atoms with Crippen LogP contribution in [0.3, 0.4) is 0 Å². The van der Waals surface area contributed by atoms with E-state index in [1.165, 1.54) is 5.56 Å². The number of aryl methyl sites for hydroxylation is 2. The predicted molar refractivity (Wildman–Crippen MR) is 101 cm³/mol. The van der Waals surface area contributed by atoms with Crippen molar-refractivity contribution >= 4 is 5.91 Å². The standard InChI is InChI=1S/C22H27NO2/c1-17-9-10-18(2)20(15-17)21(24)23-16-22(11-6-13-25-14-12-22)19-7-4-3-5-8-19/h3-5,7-10,15H,6,11-14,16H2,1-2H3,(H,23,24)/t22-/m0/s1. The molecule has 0 unspecified atom stereocenters. The largest absolute Gasteiger partial charge is 0.381 e. The third-order valence-electron chi connectivity index (χ3n) is 5.28. The van der Waals surface area contributed by atoms with Gasteiger partial charge >= 0.3 is 0 Å². The monoisotopic (exact) mass is 337 g/mol. The maximum absolute atomic E-state index is 12.8. The second-order valence-electron chi connectivity index (χ2n) is 7.11. The highest BCUT2D eigenvalue weighted by atomic mass is 16.5. The molecule has 0 aliphatic carbocycles. The molecule has 0 spiro atoms. The Morgan fingerprint density at radius 3 is 2.68 bits per heavy atom. The molecule has 1 N–H and O–H groups in total. The van der Waals surface area contributed by atoms with Crippen LogP contribution in [0.5, 0.6) is 0 Å². The summed E-state index contributed by atoms with van der Waals surface area (Å²) in [6.07, 6.45) is 2.99. The van der Waals surface area contributed by atoms with Crippen molar-refractivity contribution in [1.82, 2.24) is 5.32 Å². The van der Waals surface area contributed by atoms with Crippen LogP contribution in [0.4, 0.5) is 0 Å². The topological polar surface area (TPSA) is 38.3 Å². The first kappa shape index (κ1) is 17.7. The van der Waals surface area contributed by atoms with Gasteiger partial charge in [-0.1, -0.05) is 48.0 Å². The van der Waals surface area contributed by atoms with Crippen LogP contribution < -0.4 is 5.32 Å². The third-order valence-corrected chi connectivity index (χ3v) is 5.28. The quantitative estimate of drug-likeness (QED) is 0.909. The van der Waals surface area contributed by atoms with Crippen LogP contribution in [-0.4, -0.2) is 25.7 Å². The van der Waals surface area contributed by atoms with E-state index in [4.69, 9.17) is 4.74 Å². The number of hydrogen-bond acceptors (Lipinski definition) is 2. The maximum Gasteiger partial charge on any atom is 0.251 e. The first-order valence-corrected chi connectivity index (χ1v) is 9.09. The average Bonchev–Trinajstić information content (AvgIpc) is 2.89. The van der Waals surface area contributed by atoms with E-state index in [1.807, 2.05) is 38.1 Å². The summed E-state index contributed by atoms with van der Waals surface area (Å²) in [5.74, 6) is 0.0154. The molecule has 1 heterocycles. The summed E-state index contributed by atoms with van der Waals surface area (Å²) in [4.78, 5) is 12.8. The molecule has 0 radical (unpaired) electrons. The van der Waals surface area contributed by atoms with E-state index in [0.29, 0.717) is 6.54 Å². The Kier molecular flexibility index (Phi) is 5.54. The summed E-state index contributed by atoms with van der Waals surface area (Å²) in [5.41, 5.74) is 4.14. The molecule has 3 rings (SSSR count). The minimum atomic E-state index is -0.0504. The van der Waals surface area contributed by atoms with Gasteiger partial charge in [-0.3, -0.25) is 4.79 Å². The predicted octanol–water partition coefficient (Wildman–Crippen LogP) is 4.17. The highest BCUT2D eigenvalue weighted by Gasteiger charge is 2.33. The molecular weight excluding hydrogens is 310 g/mol. The van der Waals surface area contributed by atoms with Gasteiger partial charge in [0, 0.05) is 30.7 Å². The fourth-order valence-electron chi connectivity index (χ4n) is 3.69. The van der Waals surface area contributed by atoms with E-state index in [0.717, 1.165) is 49.2 Å². The fraction of sp³-hybridized carbons (Fsp3) is 0.409. The van der Waals surface area contributed by atoms with Crippen LogP contribution >= 0.6 is 0 Å². The Bertz CT molecular complexity index is 716. The van der Waals surface area contributed by atoms with Crippen LogP contribution in [0, 0.1) is 13.8 Å². The van der Waals surface area contributed by atoms with Crippen molar-refractivity contribution in [3.05, 3.63) is 70.8 Å². The zero-order chi connectivity index (χ0) is 17.7. The molecule has 1 atom stereocenters. The van der Waals surface area contributed by atoms with Gasteiger partial charge in [-0.25, -0.2) is 0 Å². The first-order valence-electron chi connectivity index (χ1n) is 9.09. The average molecular weight is 337 g/mol. The van der Waals surface area contributed by atoms with Crippen molar-refractivity contribution in [2.45, 2.75) is 38.5 Å². The van der Waals surface area contributed by atoms with Gasteiger partial charge in [-0.2, -0.15) is 0 Å². The highest BCUT2D eigenvalue weighted by molar-refractivity contribution is 5.95. The number of ether oxygens (including phenoxy) is 1. The van der Waals surface area contributed by atoms with Crippen molar-refractivity contribution in [2.24, 2.45) is 0 Å². The van der Waals surface area contributed by atoms with Crippen LogP contribution in [0.15, 0.2) is 48.5 Å². The maximum atomic E-state index is 12.8. The molecule has 25 heavy (non-hydrogen) atoms. The number of rotatable bonds is 4. The van der Waals surface area contributed by atoms with Crippen LogP contribution in [0.1, 0.15) is 46.3 Å². The Morgan fingerprint density at radius 2 is 1.88 bits per heavy atom. The molecule has 1 aliphatic rings. The minimum Gasteiger partial charge on any atom is -0.381 e. The number of nitrogens with one attached hydrogen (secondary N) is 1. The lowest BCUT2D eigenvalue weighted by Gasteiger charge is -2.33. The molecule has 1 saturated heterocycles. The van der Waals surface area contributed by atoms with E-state index in [-0.39, 0.29) is 11.3 Å². The molecule has 1 aliphatic heterocycles. The molecule has 132 valence electrons. The van der Waals surface area contributed by atoms with E-state index in [2.05, 4.69) is 29.6 Å². The Hall–Kier alpha value is -2.13. The molecule has 1 amide bonds. The Balaban J connectivity index is 1.81. The highest BCUT2D eigenvalue weighted by Crippen LogP contribution is 2.34. The number of benzene rings is 2. The van der Waals surface area contributed by atoms with Crippen molar-refractivity contribution < 1.29 is 9.53 Å². The summed E-state index contributed by atoms with van der Waals surface area (Å²) in [6.45, 7) is 6.20. The first-order chi connectivity index (χ1) is 12.1. The summed E-state index contributed by atoms with van der Waals surface area (Å²) < 4.78 is 5.68. The van der Waals surface area contributed by atoms with Gasteiger partial charge in [0.2, 0.25) is 0 Å². The Labute approximate surface area is 150 Å². The zero-order valence-electron chi connectivity index (χ0n) is 15.2. The molecule has 3 heteroatoms. The van der Waals surface area contributed by atoms with Gasteiger partial charge in [-0.15, -0.1) is 0 Å². The molecule has 3 nitrogen and oxygen atoms in total. The van der Waals surface area contributed by atoms with E-state index < -0.39 is 0 Å². The van der Waals surface area contributed by atoms with Crippen LogP contribution in [0.2, 0.25) is 0 Å². The summed E-state index contributed by atoms with van der Waals surface area (Å²) in [5, 5.41) is 3.21. The molecular formula is C22H27NO2. The van der Waals surface area contributed by atoms with E-state index in [1.54, 1.807) is 0 Å². The van der Waals surface area contributed by atoms with Gasteiger partial charge in [0.1, 0.15) is 0 Å². The summed E-state index contributed by atoms with van der Waals surface area (Å²) in [6, 6.07) is 16.6. The molecule has 2 aromatic rings. The smallest absolute Gasteiger partial charge is 0.251 e. The van der Waals surface area contributed by atoms with Gasteiger partial charge < -0.3 is 10.1 Å². The zero-order valence-corrected chi connectivity index (χ0v) is 15.2. The van der Waals surface area contributed by atoms with E-state index in [9.17, 15) is 4.79 Å². The molecule has 1 fully saturated rings. The lowest BCUT2D eigenvalue weighted by atomic mass is 9.74. The normalized spacial score (nSPS) is 20.7. The van der Waals surface area contributed by atoms with Crippen molar-refractivity contribution in [3.8, 4) is 0 Å². The van der Waals surface area contributed by atoms with Crippen LogP contribution in [-0.2, 0) is 10.2 Å². The fourth-order valence-corrected chi connectivity index (χ4v) is 3.69. The van der Waals surface area contributed by atoms with Gasteiger partial charge in [0.15, 0.2) is 0 Å². The lowest BCUT2D eigenvalue weighted by molar-refractivity contribution is 0.0936. The summed E-state index contributed by atoms with van der Waals surface area (Å²) in [7, 11) is 0. The van der Waals surface area contributed by atoms with Gasteiger partial charge in [-0.05, 0) is 50.3 Å². The van der Waals surface area contributed by atoms with E-state index >= 15 is 0 Å². The number of carbonyl (C=O) groups excluding carboxylic acids is 1. The second-order valence-corrected chi connectivity index (χ2v) is 7.11. The SMILES string of the molecule is Cc1ccc(C)c(C(=O)NC[C@]2(c3ccccc3)CCCOCC2)c1.